The molecule has 0 bridgehead atoms. The van der Waals surface area contributed by atoms with E-state index in [0.29, 0.717) is 10.8 Å². The van der Waals surface area contributed by atoms with E-state index in [1.807, 2.05) is 91.1 Å². The lowest BCUT2D eigenvalue weighted by Gasteiger charge is -2.17. The summed E-state index contributed by atoms with van der Waals surface area (Å²) in [6.45, 7) is 0.206. The van der Waals surface area contributed by atoms with Gasteiger partial charge in [-0.05, 0) is 58.7 Å². The van der Waals surface area contributed by atoms with Crippen molar-refractivity contribution in [2.75, 3.05) is 0 Å². The summed E-state index contributed by atoms with van der Waals surface area (Å²) in [5.41, 5.74) is 4.84. The number of rotatable bonds is 10. The Balaban J connectivity index is 1.26. The number of hydrogen-bond donors (Lipinski definition) is 2. The van der Waals surface area contributed by atoms with Crippen molar-refractivity contribution in [3.63, 3.8) is 0 Å². The minimum atomic E-state index is -1.14. The number of carboxylic acids is 1. The van der Waals surface area contributed by atoms with Crippen LogP contribution in [0.1, 0.15) is 21.5 Å². The summed E-state index contributed by atoms with van der Waals surface area (Å²) in [6, 6.07) is 30.6. The molecule has 0 aliphatic heterocycles. The van der Waals surface area contributed by atoms with Crippen LogP contribution >= 0.6 is 11.6 Å². The maximum atomic E-state index is 13.2. The first-order valence-corrected chi connectivity index (χ1v) is 13.0. The van der Waals surface area contributed by atoms with Crippen LogP contribution in [0.4, 0.5) is 0 Å². The molecule has 40 heavy (non-hydrogen) atoms. The van der Waals surface area contributed by atoms with Crippen molar-refractivity contribution >= 4 is 23.5 Å². The van der Waals surface area contributed by atoms with Crippen molar-refractivity contribution in [1.29, 1.82) is 0 Å². The first-order valence-electron chi connectivity index (χ1n) is 12.7. The zero-order chi connectivity index (χ0) is 27.9. The van der Waals surface area contributed by atoms with Gasteiger partial charge in [-0.2, -0.15) is 5.10 Å². The van der Waals surface area contributed by atoms with E-state index in [1.54, 1.807) is 23.0 Å². The van der Waals surface area contributed by atoms with Crippen molar-refractivity contribution < 1.29 is 19.4 Å². The van der Waals surface area contributed by atoms with Gasteiger partial charge >= 0.3 is 5.97 Å². The molecule has 0 saturated carbocycles. The molecule has 1 aromatic heterocycles. The fourth-order valence-corrected chi connectivity index (χ4v) is 4.44. The number of aromatic nitrogens is 2. The Labute approximate surface area is 236 Å². The molecule has 0 radical (unpaired) electrons. The summed E-state index contributed by atoms with van der Waals surface area (Å²) >= 11 is 6.18. The van der Waals surface area contributed by atoms with E-state index in [4.69, 9.17) is 16.3 Å². The summed E-state index contributed by atoms with van der Waals surface area (Å²) in [5.74, 6) is -1.42. The molecule has 7 nitrogen and oxygen atoms in total. The van der Waals surface area contributed by atoms with Crippen molar-refractivity contribution in [1.82, 2.24) is 15.1 Å². The number of nitrogens with zero attached hydrogens (tertiary/aromatic N) is 2. The highest BCUT2D eigenvalue weighted by Crippen LogP contribution is 2.25. The van der Waals surface area contributed by atoms with E-state index < -0.39 is 17.9 Å². The third kappa shape index (κ3) is 6.57. The smallest absolute Gasteiger partial charge is 0.326 e. The van der Waals surface area contributed by atoms with E-state index in [2.05, 4.69) is 10.4 Å². The van der Waals surface area contributed by atoms with Gasteiger partial charge in [0.05, 0.1) is 11.3 Å². The highest BCUT2D eigenvalue weighted by molar-refractivity contribution is 6.31. The van der Waals surface area contributed by atoms with Gasteiger partial charge in [-0.15, -0.1) is 0 Å². The van der Waals surface area contributed by atoms with Gasteiger partial charge in [0, 0.05) is 23.8 Å². The lowest BCUT2D eigenvalue weighted by Crippen LogP contribution is -2.42. The van der Waals surface area contributed by atoms with Crippen LogP contribution in [0.15, 0.2) is 116 Å². The number of halogens is 1. The first-order chi connectivity index (χ1) is 19.5. The van der Waals surface area contributed by atoms with Gasteiger partial charge in [-0.25, -0.2) is 9.48 Å². The quantitative estimate of drug-likeness (QED) is 0.216. The zero-order valence-corrected chi connectivity index (χ0v) is 22.2. The molecule has 1 heterocycles. The number of hydrogen-bond acceptors (Lipinski definition) is 4. The third-order valence-electron chi connectivity index (χ3n) is 6.39. The van der Waals surface area contributed by atoms with Crippen LogP contribution in [-0.4, -0.2) is 32.8 Å². The van der Waals surface area contributed by atoms with E-state index >= 15 is 0 Å². The lowest BCUT2D eigenvalue weighted by atomic mass is 10.0. The van der Waals surface area contributed by atoms with Gasteiger partial charge in [0.15, 0.2) is 0 Å². The predicted molar refractivity (Wildman–Crippen MR) is 154 cm³/mol. The van der Waals surface area contributed by atoms with Crippen LogP contribution in [-0.2, 0) is 17.8 Å². The largest absolute Gasteiger partial charge is 0.488 e. The molecule has 4 aromatic carbocycles. The number of ether oxygens (including phenoxy) is 1. The lowest BCUT2D eigenvalue weighted by molar-refractivity contribution is -0.139. The van der Waals surface area contributed by atoms with Crippen molar-refractivity contribution in [2.45, 2.75) is 19.1 Å². The fourth-order valence-electron chi connectivity index (χ4n) is 4.27. The van der Waals surface area contributed by atoms with E-state index in [-0.39, 0.29) is 18.6 Å². The normalized spacial score (nSPS) is 11.5. The molecule has 1 atom stereocenters. The fraction of sp³-hybridized carbons (Fsp3) is 0.0938. The number of benzene rings is 4. The average molecular weight is 552 g/mol. The van der Waals surface area contributed by atoms with Crippen molar-refractivity contribution in [2.24, 2.45) is 0 Å². The predicted octanol–water partition coefficient (Wildman–Crippen LogP) is 6.20. The van der Waals surface area contributed by atoms with E-state index in [1.165, 1.54) is 6.07 Å². The van der Waals surface area contributed by atoms with Gasteiger partial charge in [-0.1, -0.05) is 78.3 Å². The van der Waals surface area contributed by atoms with Crippen LogP contribution in [0.5, 0.6) is 5.75 Å². The number of aliphatic carboxylic acids is 1. The second-order valence-electron chi connectivity index (χ2n) is 9.18. The third-order valence-corrected chi connectivity index (χ3v) is 6.63. The molecule has 200 valence electrons. The number of amides is 1. The number of carboxylic acid groups (broad SMARTS) is 1. The minimum Gasteiger partial charge on any atom is -0.488 e. The molecule has 5 aromatic rings. The van der Waals surface area contributed by atoms with Gasteiger partial charge < -0.3 is 15.2 Å². The summed E-state index contributed by atoms with van der Waals surface area (Å²) < 4.78 is 7.71. The average Bonchev–Trinajstić information content (AvgIpc) is 3.52. The van der Waals surface area contributed by atoms with Crippen LogP contribution in [0.2, 0.25) is 5.02 Å². The van der Waals surface area contributed by atoms with E-state index in [0.717, 1.165) is 27.9 Å². The van der Waals surface area contributed by atoms with Crippen LogP contribution < -0.4 is 10.1 Å². The highest BCUT2D eigenvalue weighted by atomic mass is 35.5. The second kappa shape index (κ2) is 12.3. The summed E-state index contributed by atoms with van der Waals surface area (Å²) in [4.78, 5) is 25.3. The Morgan fingerprint density at radius 1 is 0.875 bits per heavy atom. The van der Waals surface area contributed by atoms with E-state index in [9.17, 15) is 14.7 Å². The first kappa shape index (κ1) is 26.7. The topological polar surface area (TPSA) is 93.5 Å². The number of nitrogens with one attached hydrogen (secondary N) is 1. The summed E-state index contributed by atoms with van der Waals surface area (Å²) in [5, 5.41) is 17.0. The van der Waals surface area contributed by atoms with Gasteiger partial charge in [0.2, 0.25) is 0 Å². The van der Waals surface area contributed by atoms with Gasteiger partial charge in [0.25, 0.3) is 5.91 Å². The Bertz CT molecular complexity index is 1590. The minimum absolute atomic E-state index is 0.121. The number of carbonyl (C=O) groups is 2. The molecule has 5 rings (SSSR count). The molecule has 0 spiro atoms. The maximum Gasteiger partial charge on any atom is 0.326 e. The molecule has 0 fully saturated rings. The van der Waals surface area contributed by atoms with Gasteiger partial charge in [-0.3, -0.25) is 4.79 Å². The molecule has 0 aliphatic rings. The van der Waals surface area contributed by atoms with Crippen LogP contribution in [0.3, 0.4) is 0 Å². The Hall–Kier alpha value is -4.88. The number of carbonyl (C=O) groups excluding carboxylic acids is 1. The summed E-state index contributed by atoms with van der Waals surface area (Å²) in [7, 11) is 0. The highest BCUT2D eigenvalue weighted by Gasteiger charge is 2.23. The molecule has 1 unspecified atom stereocenters. The molecule has 0 saturated heterocycles. The zero-order valence-electron chi connectivity index (χ0n) is 21.4. The molecular formula is C32H26ClN3O4. The van der Waals surface area contributed by atoms with Crippen molar-refractivity contribution in [3.05, 3.63) is 137 Å². The molecule has 0 aliphatic carbocycles. The molecule has 2 N–H and O–H groups in total. The van der Waals surface area contributed by atoms with Crippen molar-refractivity contribution in [3.8, 4) is 22.6 Å². The molecule has 1 amide bonds. The Morgan fingerprint density at radius 3 is 2.25 bits per heavy atom. The van der Waals surface area contributed by atoms with Crippen LogP contribution in [0, 0.1) is 0 Å². The Morgan fingerprint density at radius 2 is 1.57 bits per heavy atom. The monoisotopic (exact) mass is 551 g/mol. The standard InChI is InChI=1S/C32H26ClN3O4/c33-26-13-16-30(40-21-23-9-14-27(15-10-23)36-18-4-17-34-36)28(20-26)31(37)35-29(32(38)39)19-22-7-11-25(12-8-22)24-5-2-1-3-6-24/h1-18,20,29H,19,21H2,(H,35,37)(H,38,39). The van der Waals surface area contributed by atoms with Gasteiger partial charge in [0.1, 0.15) is 18.4 Å². The molecule has 8 heteroatoms. The Kier molecular flexibility index (Phi) is 8.23. The SMILES string of the molecule is O=C(NC(Cc1ccc(-c2ccccc2)cc1)C(=O)O)c1cc(Cl)ccc1OCc1ccc(-n2cccn2)cc1. The molecular weight excluding hydrogens is 526 g/mol. The second-order valence-corrected chi connectivity index (χ2v) is 9.61. The van der Waals surface area contributed by atoms with Crippen LogP contribution in [0.25, 0.3) is 16.8 Å². The maximum absolute atomic E-state index is 13.2. The summed E-state index contributed by atoms with van der Waals surface area (Å²) in [6.07, 6.45) is 3.68.